The molecule has 0 radical (unpaired) electrons. The summed E-state index contributed by atoms with van der Waals surface area (Å²) in [6.45, 7) is 10.3. The molecule has 0 aromatic carbocycles. The number of esters is 1. The van der Waals surface area contributed by atoms with E-state index in [1.165, 1.54) is 0 Å². The van der Waals surface area contributed by atoms with Crippen molar-refractivity contribution in [2.45, 2.75) is 65.2 Å². The molecular weight excluding hydrogens is 290 g/mol. The van der Waals surface area contributed by atoms with Gasteiger partial charge in [-0.2, -0.15) is 0 Å². The van der Waals surface area contributed by atoms with Crippen LogP contribution in [0.1, 0.15) is 48.0 Å². The number of amides is 1. The summed E-state index contributed by atoms with van der Waals surface area (Å²) < 4.78 is 10.5. The summed E-state index contributed by atoms with van der Waals surface area (Å²) in [4.78, 5) is 36.6. The molecule has 0 spiro atoms. The Morgan fingerprint density at radius 2 is 1.50 bits per heavy atom. The lowest BCUT2D eigenvalue weighted by atomic mass is 10.1. The first-order chi connectivity index (χ1) is 9.80. The highest BCUT2D eigenvalue weighted by molar-refractivity contribution is 5.84. The fraction of sp³-hybridized carbons (Fsp3) is 0.800. The number of hydrogen-bond donors (Lipinski definition) is 1. The first-order valence-electron chi connectivity index (χ1n) is 7.25. The summed E-state index contributed by atoms with van der Waals surface area (Å²) in [7, 11) is 0. The van der Waals surface area contributed by atoms with Crippen molar-refractivity contribution in [1.82, 2.24) is 4.90 Å². The molecule has 1 heterocycles. The van der Waals surface area contributed by atoms with Gasteiger partial charge in [-0.05, 0) is 48.0 Å². The van der Waals surface area contributed by atoms with Crippen molar-refractivity contribution in [3.8, 4) is 0 Å². The first-order valence-corrected chi connectivity index (χ1v) is 7.25. The van der Waals surface area contributed by atoms with Crippen LogP contribution in [-0.4, -0.2) is 51.8 Å². The molecule has 7 nitrogen and oxygen atoms in total. The molecule has 1 amide bonds. The van der Waals surface area contributed by atoms with Crippen molar-refractivity contribution in [1.29, 1.82) is 0 Å². The number of carbonyl (C=O) groups excluding carboxylic acids is 2. The number of carboxylic acids is 1. The van der Waals surface area contributed by atoms with Gasteiger partial charge < -0.3 is 14.6 Å². The lowest BCUT2D eigenvalue weighted by Crippen LogP contribution is -2.43. The summed E-state index contributed by atoms with van der Waals surface area (Å²) in [5.41, 5.74) is -1.39. The maximum Gasteiger partial charge on any atom is 0.411 e. The highest BCUT2D eigenvalue weighted by atomic mass is 16.6. The molecule has 22 heavy (non-hydrogen) atoms. The summed E-state index contributed by atoms with van der Waals surface area (Å²) in [5, 5.41) is 9.26. The monoisotopic (exact) mass is 315 g/mol. The highest BCUT2D eigenvalue weighted by Gasteiger charge is 2.45. The van der Waals surface area contributed by atoms with E-state index in [-0.39, 0.29) is 13.0 Å². The second-order valence-electron chi connectivity index (χ2n) is 7.45. The van der Waals surface area contributed by atoms with Crippen LogP contribution in [0.4, 0.5) is 4.79 Å². The van der Waals surface area contributed by atoms with Crippen LogP contribution in [-0.2, 0) is 19.1 Å². The van der Waals surface area contributed by atoms with Crippen LogP contribution in [0, 0.1) is 5.92 Å². The Bertz CT molecular complexity index is 460. The van der Waals surface area contributed by atoms with Crippen LogP contribution in [0.5, 0.6) is 0 Å². The van der Waals surface area contributed by atoms with Crippen molar-refractivity contribution in [2.75, 3.05) is 6.54 Å². The quantitative estimate of drug-likeness (QED) is 0.784. The van der Waals surface area contributed by atoms with Crippen molar-refractivity contribution in [2.24, 2.45) is 5.92 Å². The Labute approximate surface area is 130 Å². The maximum atomic E-state index is 12.1. The number of rotatable bonds is 2. The Morgan fingerprint density at radius 3 is 1.91 bits per heavy atom. The molecule has 2 atom stereocenters. The van der Waals surface area contributed by atoms with Crippen LogP contribution in [0.3, 0.4) is 0 Å². The zero-order valence-corrected chi connectivity index (χ0v) is 14.0. The predicted molar refractivity (Wildman–Crippen MR) is 78.3 cm³/mol. The topological polar surface area (TPSA) is 93.1 Å². The molecule has 1 aliphatic rings. The zero-order chi connectivity index (χ0) is 17.3. The lowest BCUT2D eigenvalue weighted by Gasteiger charge is -2.26. The number of ether oxygens (including phenoxy) is 2. The SMILES string of the molecule is CC(C)(C)OC(=O)C1CC(C(=O)O)N(C(=O)OC(C)(C)C)C1. The number of hydrogen-bond acceptors (Lipinski definition) is 5. The fourth-order valence-corrected chi connectivity index (χ4v) is 2.15. The van der Waals surface area contributed by atoms with Crippen molar-refractivity contribution in [3.05, 3.63) is 0 Å². The van der Waals surface area contributed by atoms with E-state index in [2.05, 4.69) is 0 Å². The van der Waals surface area contributed by atoms with E-state index in [9.17, 15) is 19.5 Å². The normalized spacial score (nSPS) is 22.4. The molecule has 1 saturated heterocycles. The minimum absolute atomic E-state index is 0.0131. The van der Waals surface area contributed by atoms with E-state index in [0.29, 0.717) is 0 Å². The van der Waals surface area contributed by atoms with E-state index in [4.69, 9.17) is 9.47 Å². The van der Waals surface area contributed by atoms with Crippen molar-refractivity contribution >= 4 is 18.0 Å². The second kappa shape index (κ2) is 6.14. The molecule has 1 aliphatic heterocycles. The average molecular weight is 315 g/mol. The van der Waals surface area contributed by atoms with Gasteiger partial charge in [-0.15, -0.1) is 0 Å². The standard InChI is InChI=1S/C15H25NO6/c1-14(2,3)21-12(19)9-7-10(11(17)18)16(8-9)13(20)22-15(4,5)6/h9-10H,7-8H2,1-6H3,(H,17,18). The van der Waals surface area contributed by atoms with Crippen LogP contribution in [0.2, 0.25) is 0 Å². The molecule has 1 N–H and O–H groups in total. The van der Waals surface area contributed by atoms with Crippen LogP contribution in [0.25, 0.3) is 0 Å². The van der Waals surface area contributed by atoms with E-state index in [1.54, 1.807) is 41.5 Å². The number of likely N-dealkylation sites (tertiary alicyclic amines) is 1. The Morgan fingerprint density at radius 1 is 1.00 bits per heavy atom. The molecule has 126 valence electrons. The number of carboxylic acid groups (broad SMARTS) is 1. The van der Waals surface area contributed by atoms with Gasteiger partial charge >= 0.3 is 18.0 Å². The van der Waals surface area contributed by atoms with Gasteiger partial charge in [0.2, 0.25) is 0 Å². The van der Waals surface area contributed by atoms with Crippen LogP contribution in [0.15, 0.2) is 0 Å². The van der Waals surface area contributed by atoms with Gasteiger partial charge in [0.15, 0.2) is 0 Å². The van der Waals surface area contributed by atoms with Gasteiger partial charge in [0.25, 0.3) is 0 Å². The predicted octanol–water partition coefficient (Wildman–Crippen LogP) is 2.04. The van der Waals surface area contributed by atoms with Gasteiger partial charge in [0, 0.05) is 6.54 Å². The molecule has 0 bridgehead atoms. The summed E-state index contributed by atoms with van der Waals surface area (Å²) in [5.74, 6) is -2.31. The maximum absolute atomic E-state index is 12.1. The molecular formula is C15H25NO6. The van der Waals surface area contributed by atoms with E-state index >= 15 is 0 Å². The van der Waals surface area contributed by atoms with E-state index < -0.39 is 41.2 Å². The molecule has 0 saturated carbocycles. The summed E-state index contributed by atoms with van der Waals surface area (Å²) >= 11 is 0. The van der Waals surface area contributed by atoms with Gasteiger partial charge in [-0.3, -0.25) is 9.69 Å². The molecule has 1 fully saturated rings. The van der Waals surface area contributed by atoms with Crippen molar-refractivity contribution in [3.63, 3.8) is 0 Å². The largest absolute Gasteiger partial charge is 0.480 e. The summed E-state index contributed by atoms with van der Waals surface area (Å²) in [6.07, 6.45) is -0.699. The number of aliphatic carboxylic acids is 1. The molecule has 1 rings (SSSR count). The number of nitrogens with zero attached hydrogens (tertiary/aromatic N) is 1. The third-order valence-corrected chi connectivity index (χ3v) is 2.95. The van der Waals surface area contributed by atoms with Crippen molar-refractivity contribution < 1.29 is 29.0 Å². The van der Waals surface area contributed by atoms with E-state index in [0.717, 1.165) is 4.90 Å². The second-order valence-corrected chi connectivity index (χ2v) is 7.45. The molecule has 7 heteroatoms. The Kier molecular flexibility index (Phi) is 5.10. The smallest absolute Gasteiger partial charge is 0.411 e. The first kappa shape index (κ1) is 18.3. The average Bonchev–Trinajstić information content (AvgIpc) is 2.68. The Hall–Kier alpha value is -1.79. The fourth-order valence-electron chi connectivity index (χ4n) is 2.15. The minimum atomic E-state index is -1.16. The third kappa shape index (κ3) is 5.20. The Balaban J connectivity index is 2.83. The molecule has 2 unspecified atom stereocenters. The van der Waals surface area contributed by atoms with Gasteiger partial charge in [0.1, 0.15) is 17.2 Å². The van der Waals surface area contributed by atoms with Gasteiger partial charge in [0.05, 0.1) is 5.92 Å². The van der Waals surface area contributed by atoms with Gasteiger partial charge in [-0.1, -0.05) is 0 Å². The molecule has 0 aromatic rings. The van der Waals surface area contributed by atoms with E-state index in [1.807, 2.05) is 0 Å². The summed E-state index contributed by atoms with van der Waals surface area (Å²) in [6, 6.07) is -1.08. The minimum Gasteiger partial charge on any atom is -0.480 e. The van der Waals surface area contributed by atoms with Crippen LogP contribution >= 0.6 is 0 Å². The van der Waals surface area contributed by atoms with Crippen LogP contribution < -0.4 is 0 Å². The highest BCUT2D eigenvalue weighted by Crippen LogP contribution is 2.28. The molecule has 0 aliphatic carbocycles. The lowest BCUT2D eigenvalue weighted by molar-refractivity contribution is -0.159. The third-order valence-electron chi connectivity index (χ3n) is 2.95. The zero-order valence-electron chi connectivity index (χ0n) is 14.0. The van der Waals surface area contributed by atoms with Gasteiger partial charge in [-0.25, -0.2) is 9.59 Å². The molecule has 0 aromatic heterocycles. The number of carbonyl (C=O) groups is 3.